The smallest absolute Gasteiger partial charge is 0.149 e. The van der Waals surface area contributed by atoms with E-state index in [9.17, 15) is 0 Å². The molecule has 0 aromatic carbocycles. The zero-order chi connectivity index (χ0) is 13.7. The summed E-state index contributed by atoms with van der Waals surface area (Å²) in [4.78, 5) is 6.70. The molecule has 0 saturated carbocycles. The van der Waals surface area contributed by atoms with E-state index < -0.39 is 0 Å². The lowest BCUT2D eigenvalue weighted by Gasteiger charge is -2.35. The average Bonchev–Trinajstić information content (AvgIpc) is 2.46. The lowest BCUT2D eigenvalue weighted by molar-refractivity contribution is 0.164. The van der Waals surface area contributed by atoms with Crippen molar-refractivity contribution < 1.29 is 0 Å². The molecule has 2 rings (SSSR count). The van der Waals surface area contributed by atoms with Crippen LogP contribution in [0.2, 0.25) is 0 Å². The Morgan fingerprint density at radius 2 is 2.42 bits per heavy atom. The van der Waals surface area contributed by atoms with E-state index in [1.807, 2.05) is 6.07 Å². The van der Waals surface area contributed by atoms with E-state index in [0.29, 0.717) is 23.1 Å². The molecule has 1 atom stereocenters. The van der Waals surface area contributed by atoms with Crippen LogP contribution in [0.5, 0.6) is 0 Å². The van der Waals surface area contributed by atoms with Crippen LogP contribution in [0.25, 0.3) is 0 Å². The maximum absolute atomic E-state index is 8.78. The number of nitrogens with one attached hydrogen (secondary N) is 1. The highest BCUT2D eigenvalue weighted by molar-refractivity contribution is 5.63. The summed E-state index contributed by atoms with van der Waals surface area (Å²) >= 11 is 0. The number of pyridine rings is 1. The topological polar surface area (TPSA) is 78.0 Å². The highest BCUT2D eigenvalue weighted by Gasteiger charge is 2.20. The number of nitrogen functional groups attached to an aromatic ring is 1. The molecule has 0 radical (unpaired) electrons. The van der Waals surface area contributed by atoms with E-state index in [2.05, 4.69) is 22.1 Å². The number of anilines is 2. The predicted octanol–water partition coefficient (Wildman–Crippen LogP) is 1.82. The van der Waals surface area contributed by atoms with Gasteiger partial charge in [0.15, 0.2) is 0 Å². The van der Waals surface area contributed by atoms with Crippen molar-refractivity contribution in [3.63, 3.8) is 0 Å². The Bertz CT molecular complexity index is 465. The van der Waals surface area contributed by atoms with Crippen molar-refractivity contribution in [2.24, 2.45) is 0 Å². The second-order valence-corrected chi connectivity index (χ2v) is 4.93. The number of rotatable bonds is 4. The molecule has 1 fully saturated rings. The van der Waals surface area contributed by atoms with E-state index in [1.165, 1.54) is 25.8 Å². The third kappa shape index (κ3) is 3.36. The zero-order valence-corrected chi connectivity index (χ0v) is 11.4. The molecule has 1 unspecified atom stereocenters. The molecule has 19 heavy (non-hydrogen) atoms. The van der Waals surface area contributed by atoms with Crippen LogP contribution >= 0.6 is 0 Å². The minimum Gasteiger partial charge on any atom is -0.396 e. The Morgan fingerprint density at radius 1 is 1.58 bits per heavy atom. The van der Waals surface area contributed by atoms with Gasteiger partial charge in [-0.2, -0.15) is 5.26 Å². The lowest BCUT2D eigenvalue weighted by Crippen LogP contribution is -2.43. The molecule has 0 bridgehead atoms. The van der Waals surface area contributed by atoms with Gasteiger partial charge >= 0.3 is 0 Å². The Morgan fingerprint density at radius 3 is 3.11 bits per heavy atom. The summed E-state index contributed by atoms with van der Waals surface area (Å²) in [6.45, 7) is 5.32. The second kappa shape index (κ2) is 6.39. The van der Waals surface area contributed by atoms with Gasteiger partial charge in [-0.05, 0) is 32.0 Å². The molecule has 5 nitrogen and oxygen atoms in total. The first-order valence-corrected chi connectivity index (χ1v) is 6.88. The van der Waals surface area contributed by atoms with Crippen molar-refractivity contribution in [1.82, 2.24) is 9.88 Å². The molecule has 1 saturated heterocycles. The van der Waals surface area contributed by atoms with Crippen molar-refractivity contribution in [3.05, 3.63) is 17.8 Å². The second-order valence-electron chi connectivity index (χ2n) is 4.93. The van der Waals surface area contributed by atoms with Gasteiger partial charge in [-0.3, -0.25) is 4.90 Å². The monoisotopic (exact) mass is 259 g/mol. The minimum atomic E-state index is 0.496. The molecular weight excluding hydrogens is 238 g/mol. The Kier molecular flexibility index (Phi) is 4.58. The third-order valence-electron chi connectivity index (χ3n) is 3.71. The summed E-state index contributed by atoms with van der Waals surface area (Å²) in [5.74, 6) is 0.681. The summed E-state index contributed by atoms with van der Waals surface area (Å²) in [7, 11) is 0. The average molecular weight is 259 g/mol. The number of nitrogens with zero attached hydrogens (tertiary/aromatic N) is 3. The van der Waals surface area contributed by atoms with Crippen LogP contribution in [0.3, 0.4) is 0 Å². The fourth-order valence-corrected chi connectivity index (χ4v) is 2.61. The molecule has 1 aliphatic rings. The minimum absolute atomic E-state index is 0.496. The predicted molar refractivity (Wildman–Crippen MR) is 76.7 cm³/mol. The van der Waals surface area contributed by atoms with Crippen LogP contribution in [-0.4, -0.2) is 35.6 Å². The summed E-state index contributed by atoms with van der Waals surface area (Å²) in [6, 6.07) is 4.25. The van der Waals surface area contributed by atoms with Gasteiger partial charge < -0.3 is 11.1 Å². The van der Waals surface area contributed by atoms with Crippen molar-refractivity contribution in [2.75, 3.05) is 30.7 Å². The van der Waals surface area contributed by atoms with Crippen molar-refractivity contribution in [3.8, 4) is 6.07 Å². The number of hydrogen-bond acceptors (Lipinski definition) is 5. The van der Waals surface area contributed by atoms with Crippen molar-refractivity contribution in [1.29, 1.82) is 5.26 Å². The van der Waals surface area contributed by atoms with Crippen LogP contribution < -0.4 is 11.1 Å². The largest absolute Gasteiger partial charge is 0.396 e. The van der Waals surface area contributed by atoms with Gasteiger partial charge in [-0.1, -0.05) is 13.3 Å². The third-order valence-corrected chi connectivity index (χ3v) is 3.71. The normalized spacial score (nSPS) is 19.9. The van der Waals surface area contributed by atoms with Gasteiger partial charge in [0, 0.05) is 18.8 Å². The Balaban J connectivity index is 1.96. The summed E-state index contributed by atoms with van der Waals surface area (Å²) in [6.07, 6.45) is 5.36. The molecule has 1 aromatic heterocycles. The van der Waals surface area contributed by atoms with Crippen LogP contribution in [0.1, 0.15) is 31.7 Å². The van der Waals surface area contributed by atoms with Gasteiger partial charge in [0.2, 0.25) is 0 Å². The zero-order valence-electron chi connectivity index (χ0n) is 11.4. The first kappa shape index (κ1) is 13.6. The number of likely N-dealkylation sites (N-methyl/N-ethyl adjacent to an activating group) is 1. The van der Waals surface area contributed by atoms with E-state index in [4.69, 9.17) is 11.0 Å². The number of hydrogen-bond donors (Lipinski definition) is 2. The summed E-state index contributed by atoms with van der Waals surface area (Å²) in [5, 5.41) is 12.1. The van der Waals surface area contributed by atoms with E-state index in [0.717, 1.165) is 13.1 Å². The van der Waals surface area contributed by atoms with Gasteiger partial charge in [-0.15, -0.1) is 0 Å². The molecule has 1 aliphatic heterocycles. The lowest BCUT2D eigenvalue weighted by atomic mass is 10.0. The number of aromatic nitrogens is 1. The van der Waals surface area contributed by atoms with E-state index in [1.54, 1.807) is 12.3 Å². The fraction of sp³-hybridized carbons (Fsp3) is 0.571. The molecule has 1 aromatic rings. The number of nitriles is 1. The maximum Gasteiger partial charge on any atom is 0.149 e. The summed E-state index contributed by atoms with van der Waals surface area (Å²) in [5.41, 5.74) is 6.93. The van der Waals surface area contributed by atoms with Gasteiger partial charge in [-0.25, -0.2) is 4.98 Å². The fourth-order valence-electron chi connectivity index (χ4n) is 2.61. The first-order valence-electron chi connectivity index (χ1n) is 6.88. The van der Waals surface area contributed by atoms with Crippen LogP contribution in [0, 0.1) is 11.3 Å². The molecular formula is C14H21N5. The Labute approximate surface area is 114 Å². The van der Waals surface area contributed by atoms with Crippen LogP contribution in [0.4, 0.5) is 11.5 Å². The SMILES string of the molecule is CCN1CCCCC1CNc1ncc(C#N)cc1N. The van der Waals surface area contributed by atoms with Crippen molar-refractivity contribution in [2.45, 2.75) is 32.2 Å². The molecule has 0 spiro atoms. The molecule has 5 heteroatoms. The van der Waals surface area contributed by atoms with Crippen LogP contribution in [-0.2, 0) is 0 Å². The Hall–Kier alpha value is -1.80. The highest BCUT2D eigenvalue weighted by atomic mass is 15.2. The standard InChI is InChI=1S/C14H21N5/c1-2-19-6-4-3-5-12(19)10-18-14-13(16)7-11(8-15)9-17-14/h7,9,12H,2-6,10,16H2,1H3,(H,17,18). The molecule has 0 aliphatic carbocycles. The number of likely N-dealkylation sites (tertiary alicyclic amines) is 1. The van der Waals surface area contributed by atoms with Crippen LogP contribution in [0.15, 0.2) is 12.3 Å². The van der Waals surface area contributed by atoms with Crippen molar-refractivity contribution >= 4 is 11.5 Å². The van der Waals surface area contributed by atoms with E-state index >= 15 is 0 Å². The molecule has 0 amide bonds. The molecule has 102 valence electrons. The number of piperidine rings is 1. The van der Waals surface area contributed by atoms with Gasteiger partial charge in [0.1, 0.15) is 11.9 Å². The highest BCUT2D eigenvalue weighted by Crippen LogP contribution is 2.19. The quantitative estimate of drug-likeness (QED) is 0.862. The first-order chi connectivity index (χ1) is 9.24. The van der Waals surface area contributed by atoms with E-state index in [-0.39, 0.29) is 0 Å². The maximum atomic E-state index is 8.78. The van der Waals surface area contributed by atoms with Gasteiger partial charge in [0.25, 0.3) is 0 Å². The summed E-state index contributed by atoms with van der Waals surface area (Å²) < 4.78 is 0. The molecule has 2 heterocycles. The molecule has 3 N–H and O–H groups in total. The van der Waals surface area contributed by atoms with Gasteiger partial charge in [0.05, 0.1) is 11.3 Å². The number of nitrogens with two attached hydrogens (primary N) is 1.